The Hall–Kier alpha value is -2.97. The van der Waals surface area contributed by atoms with E-state index in [0.717, 1.165) is 20.2 Å². The maximum Gasteiger partial charge on any atom is 0.332 e. The molecule has 0 fully saturated rings. The number of likely N-dealkylation sites (N-methyl/N-ethyl adjacent to an activating group) is 1. The summed E-state index contributed by atoms with van der Waals surface area (Å²) in [5.74, 6) is -0.532. The summed E-state index contributed by atoms with van der Waals surface area (Å²) >= 11 is 3.49. The number of ketones is 1. The molecule has 1 heterocycles. The molecule has 0 bridgehead atoms. The normalized spacial score (nSPS) is 11.1. The fourth-order valence-corrected chi connectivity index (χ4v) is 3.67. The van der Waals surface area contributed by atoms with Gasteiger partial charge in [0, 0.05) is 18.1 Å². The molecular formula is C22H23BrN4O3. The van der Waals surface area contributed by atoms with Crippen molar-refractivity contribution in [2.45, 2.75) is 13.1 Å². The van der Waals surface area contributed by atoms with Crippen LogP contribution in [0.3, 0.4) is 0 Å². The topological polar surface area (TPSA) is 90.3 Å². The van der Waals surface area contributed by atoms with Crippen LogP contribution in [0.25, 0.3) is 0 Å². The summed E-state index contributed by atoms with van der Waals surface area (Å²) in [5.41, 5.74) is 6.62. The number of benzene rings is 2. The molecule has 2 aromatic carbocycles. The van der Waals surface area contributed by atoms with Gasteiger partial charge in [0.1, 0.15) is 11.4 Å². The van der Waals surface area contributed by atoms with Gasteiger partial charge in [-0.2, -0.15) is 0 Å². The number of Topliss-reactive ketones (excluding diaryl/α,β-unsaturated/α-hetero) is 1. The predicted octanol–water partition coefficient (Wildman–Crippen LogP) is 2.25. The van der Waals surface area contributed by atoms with Crippen LogP contribution in [0, 0.1) is 0 Å². The van der Waals surface area contributed by atoms with Crippen molar-refractivity contribution in [1.82, 2.24) is 14.0 Å². The minimum Gasteiger partial charge on any atom is -0.384 e. The van der Waals surface area contributed by atoms with Gasteiger partial charge in [-0.25, -0.2) is 4.79 Å². The van der Waals surface area contributed by atoms with Crippen molar-refractivity contribution in [3.63, 3.8) is 0 Å². The number of carbonyl (C=O) groups is 1. The van der Waals surface area contributed by atoms with E-state index >= 15 is 0 Å². The van der Waals surface area contributed by atoms with E-state index in [1.807, 2.05) is 54.6 Å². The first kappa shape index (κ1) is 21.7. The molecule has 0 radical (unpaired) electrons. The molecule has 0 aliphatic heterocycles. The molecule has 0 spiro atoms. The molecular weight excluding hydrogens is 448 g/mol. The number of halogens is 1. The molecule has 156 valence electrons. The van der Waals surface area contributed by atoms with Gasteiger partial charge in [0.05, 0.1) is 13.1 Å². The highest BCUT2D eigenvalue weighted by Crippen LogP contribution is 2.17. The molecule has 3 rings (SSSR count). The van der Waals surface area contributed by atoms with Crippen LogP contribution in [0.4, 0.5) is 5.82 Å². The Balaban J connectivity index is 1.91. The first-order valence-corrected chi connectivity index (χ1v) is 10.2. The number of hydrogen-bond donors (Lipinski definition) is 1. The quantitative estimate of drug-likeness (QED) is 0.534. The smallest absolute Gasteiger partial charge is 0.332 e. The van der Waals surface area contributed by atoms with Crippen LogP contribution in [0.15, 0.2) is 68.7 Å². The van der Waals surface area contributed by atoms with Crippen molar-refractivity contribution in [3.05, 3.63) is 96.6 Å². The van der Waals surface area contributed by atoms with E-state index in [0.29, 0.717) is 6.54 Å². The standard InChI is InChI=1S/C22H23BrN4O3/c1-25(13-16-10-6-7-11-17(16)23)14-18(28)19-20(24)27(22(30)26(2)21(19)29)12-15-8-4-3-5-9-15/h3-11H,12-14,24H2,1-2H3. The second-order valence-electron chi connectivity index (χ2n) is 7.17. The summed E-state index contributed by atoms with van der Waals surface area (Å²) in [5, 5.41) is 0. The molecule has 8 heteroatoms. The van der Waals surface area contributed by atoms with Gasteiger partial charge in [-0.15, -0.1) is 0 Å². The lowest BCUT2D eigenvalue weighted by atomic mass is 10.1. The SMILES string of the molecule is CN(CC(=O)c1c(N)n(Cc2ccccc2)c(=O)n(C)c1=O)Cc1ccccc1Br. The van der Waals surface area contributed by atoms with Crippen LogP contribution in [-0.4, -0.2) is 33.4 Å². The van der Waals surface area contributed by atoms with Crippen molar-refractivity contribution < 1.29 is 4.79 Å². The minimum absolute atomic E-state index is 0.00961. The Morgan fingerprint density at radius 2 is 1.70 bits per heavy atom. The fourth-order valence-electron chi connectivity index (χ4n) is 3.26. The monoisotopic (exact) mass is 470 g/mol. The Labute approximate surface area is 182 Å². The molecule has 2 N–H and O–H groups in total. The van der Waals surface area contributed by atoms with E-state index in [1.54, 1.807) is 11.9 Å². The van der Waals surface area contributed by atoms with Crippen LogP contribution in [0.1, 0.15) is 21.5 Å². The predicted molar refractivity (Wildman–Crippen MR) is 121 cm³/mol. The van der Waals surface area contributed by atoms with E-state index in [1.165, 1.54) is 11.6 Å². The lowest BCUT2D eigenvalue weighted by Crippen LogP contribution is -2.44. The van der Waals surface area contributed by atoms with E-state index < -0.39 is 17.0 Å². The maximum absolute atomic E-state index is 13.0. The van der Waals surface area contributed by atoms with E-state index in [4.69, 9.17) is 5.73 Å². The van der Waals surface area contributed by atoms with Crippen LogP contribution in [-0.2, 0) is 20.1 Å². The van der Waals surface area contributed by atoms with Crippen molar-refractivity contribution in [1.29, 1.82) is 0 Å². The molecule has 0 saturated carbocycles. The minimum atomic E-state index is -0.680. The molecule has 1 aromatic heterocycles. The van der Waals surface area contributed by atoms with Crippen molar-refractivity contribution in [2.24, 2.45) is 7.05 Å². The molecule has 0 saturated heterocycles. The number of aromatic nitrogens is 2. The number of nitrogens with zero attached hydrogens (tertiary/aromatic N) is 3. The van der Waals surface area contributed by atoms with Crippen LogP contribution >= 0.6 is 15.9 Å². The largest absolute Gasteiger partial charge is 0.384 e. The van der Waals surface area contributed by atoms with Crippen molar-refractivity contribution in [2.75, 3.05) is 19.3 Å². The first-order chi connectivity index (χ1) is 14.3. The van der Waals surface area contributed by atoms with Crippen LogP contribution < -0.4 is 17.0 Å². The van der Waals surface area contributed by atoms with Crippen LogP contribution in [0.2, 0.25) is 0 Å². The molecule has 0 aliphatic rings. The summed E-state index contributed by atoms with van der Waals surface area (Å²) < 4.78 is 3.13. The number of nitrogens with two attached hydrogens (primary N) is 1. The lowest BCUT2D eigenvalue weighted by Gasteiger charge is -2.19. The van der Waals surface area contributed by atoms with Gasteiger partial charge in [-0.1, -0.05) is 64.5 Å². The second kappa shape index (κ2) is 9.23. The molecule has 7 nitrogen and oxygen atoms in total. The van der Waals surface area contributed by atoms with Crippen molar-refractivity contribution >= 4 is 27.5 Å². The molecule has 0 atom stereocenters. The third-order valence-electron chi connectivity index (χ3n) is 4.86. The summed E-state index contributed by atoms with van der Waals surface area (Å²) in [6, 6.07) is 17.0. The zero-order valence-corrected chi connectivity index (χ0v) is 18.4. The van der Waals surface area contributed by atoms with Gasteiger partial charge in [0.2, 0.25) is 0 Å². The number of nitrogen functional groups attached to an aromatic ring is 1. The average Bonchev–Trinajstić information content (AvgIpc) is 2.72. The Morgan fingerprint density at radius 3 is 2.37 bits per heavy atom. The zero-order chi connectivity index (χ0) is 21.8. The lowest BCUT2D eigenvalue weighted by molar-refractivity contribution is 0.0941. The summed E-state index contributed by atoms with van der Waals surface area (Å²) in [7, 11) is 3.14. The fraction of sp³-hybridized carbons (Fsp3) is 0.227. The Kier molecular flexibility index (Phi) is 6.69. The number of rotatable bonds is 7. The van der Waals surface area contributed by atoms with Crippen molar-refractivity contribution in [3.8, 4) is 0 Å². The highest BCUT2D eigenvalue weighted by Gasteiger charge is 2.22. The molecule has 0 aliphatic carbocycles. The summed E-state index contributed by atoms with van der Waals surface area (Å²) in [6.45, 7) is 0.675. The van der Waals surface area contributed by atoms with Gasteiger partial charge in [-0.05, 0) is 24.2 Å². The van der Waals surface area contributed by atoms with E-state index in [-0.39, 0.29) is 24.5 Å². The van der Waals surface area contributed by atoms with Gasteiger partial charge in [-0.3, -0.25) is 23.6 Å². The van der Waals surface area contributed by atoms with Crippen LogP contribution in [0.5, 0.6) is 0 Å². The number of hydrogen-bond acceptors (Lipinski definition) is 5. The number of carbonyl (C=O) groups excluding carboxylic acids is 1. The Morgan fingerprint density at radius 1 is 1.07 bits per heavy atom. The molecule has 3 aromatic rings. The average molecular weight is 471 g/mol. The third-order valence-corrected chi connectivity index (χ3v) is 5.63. The summed E-state index contributed by atoms with van der Waals surface area (Å²) in [4.78, 5) is 40.1. The van der Waals surface area contributed by atoms with E-state index in [9.17, 15) is 14.4 Å². The molecule has 0 amide bonds. The van der Waals surface area contributed by atoms with Gasteiger partial charge < -0.3 is 5.73 Å². The maximum atomic E-state index is 13.0. The Bertz CT molecular complexity index is 1190. The van der Waals surface area contributed by atoms with E-state index in [2.05, 4.69) is 15.9 Å². The van der Waals surface area contributed by atoms with Gasteiger partial charge in [0.15, 0.2) is 5.78 Å². The van der Waals surface area contributed by atoms with Gasteiger partial charge >= 0.3 is 5.69 Å². The molecule has 30 heavy (non-hydrogen) atoms. The highest BCUT2D eigenvalue weighted by molar-refractivity contribution is 9.10. The third kappa shape index (κ3) is 4.60. The van der Waals surface area contributed by atoms with Gasteiger partial charge in [0.25, 0.3) is 5.56 Å². The highest BCUT2D eigenvalue weighted by atomic mass is 79.9. The molecule has 0 unspecified atom stereocenters. The summed E-state index contributed by atoms with van der Waals surface area (Å²) in [6.07, 6.45) is 0. The zero-order valence-electron chi connectivity index (χ0n) is 16.8. The number of anilines is 1. The second-order valence-corrected chi connectivity index (χ2v) is 8.02. The first-order valence-electron chi connectivity index (χ1n) is 9.38.